The fraction of sp³-hybridized carbons (Fsp3) is 0.143. The van der Waals surface area contributed by atoms with Crippen molar-refractivity contribution in [3.8, 4) is 5.75 Å². The summed E-state index contributed by atoms with van der Waals surface area (Å²) in [5.41, 5.74) is 7.45. The summed E-state index contributed by atoms with van der Waals surface area (Å²) in [6.07, 6.45) is 0. The van der Waals surface area contributed by atoms with Crippen LogP contribution in [0.15, 0.2) is 53.0 Å². The molecule has 94 valence electrons. The van der Waals surface area contributed by atoms with E-state index in [4.69, 9.17) is 10.5 Å². The van der Waals surface area contributed by atoms with Crippen molar-refractivity contribution in [1.29, 1.82) is 0 Å². The minimum Gasteiger partial charge on any atom is -0.492 e. The van der Waals surface area contributed by atoms with E-state index in [0.29, 0.717) is 12.3 Å². The fourth-order valence-electron chi connectivity index (χ4n) is 1.56. The molecule has 0 aromatic heterocycles. The molecule has 0 aliphatic heterocycles. The normalized spacial score (nSPS) is 10.1. The van der Waals surface area contributed by atoms with Crippen LogP contribution < -0.4 is 15.8 Å². The van der Waals surface area contributed by atoms with Gasteiger partial charge in [-0.3, -0.25) is 0 Å². The van der Waals surface area contributed by atoms with Gasteiger partial charge in [0.15, 0.2) is 0 Å². The molecule has 0 fully saturated rings. The third-order valence-corrected chi connectivity index (χ3v) is 3.11. The average Bonchev–Trinajstić information content (AvgIpc) is 2.37. The number of nitrogens with two attached hydrogens (primary N) is 1. The third-order valence-electron chi connectivity index (χ3n) is 2.42. The monoisotopic (exact) mass is 306 g/mol. The van der Waals surface area contributed by atoms with Crippen molar-refractivity contribution in [3.63, 3.8) is 0 Å². The molecule has 0 saturated heterocycles. The largest absolute Gasteiger partial charge is 0.492 e. The maximum atomic E-state index is 5.67. The van der Waals surface area contributed by atoms with E-state index in [1.165, 1.54) is 0 Å². The van der Waals surface area contributed by atoms with E-state index in [1.54, 1.807) is 0 Å². The molecule has 0 bridgehead atoms. The first kappa shape index (κ1) is 12.8. The van der Waals surface area contributed by atoms with Crippen molar-refractivity contribution in [2.45, 2.75) is 0 Å². The van der Waals surface area contributed by atoms with E-state index < -0.39 is 0 Å². The lowest BCUT2D eigenvalue weighted by Crippen LogP contribution is -2.11. The van der Waals surface area contributed by atoms with Gasteiger partial charge < -0.3 is 15.8 Å². The predicted molar refractivity (Wildman–Crippen MR) is 79.0 cm³/mol. The number of hydrogen-bond donors (Lipinski definition) is 2. The van der Waals surface area contributed by atoms with Gasteiger partial charge in [0.05, 0.1) is 0 Å². The summed E-state index contributed by atoms with van der Waals surface area (Å²) in [7, 11) is 0. The van der Waals surface area contributed by atoms with Crippen LogP contribution in [0.5, 0.6) is 5.75 Å². The highest BCUT2D eigenvalue weighted by atomic mass is 79.9. The second-order valence-electron chi connectivity index (χ2n) is 3.83. The molecule has 0 saturated carbocycles. The van der Waals surface area contributed by atoms with Crippen LogP contribution in [0.1, 0.15) is 0 Å². The van der Waals surface area contributed by atoms with Gasteiger partial charge in [-0.2, -0.15) is 0 Å². The van der Waals surface area contributed by atoms with Gasteiger partial charge in [-0.15, -0.1) is 0 Å². The van der Waals surface area contributed by atoms with Gasteiger partial charge in [-0.25, -0.2) is 0 Å². The molecule has 0 heterocycles. The number of rotatable bonds is 5. The zero-order valence-corrected chi connectivity index (χ0v) is 11.5. The minimum absolute atomic E-state index is 0.588. The first-order chi connectivity index (χ1) is 8.75. The molecule has 2 rings (SSSR count). The summed E-state index contributed by atoms with van der Waals surface area (Å²) in [6, 6.07) is 15.4. The van der Waals surface area contributed by atoms with E-state index in [9.17, 15) is 0 Å². The van der Waals surface area contributed by atoms with Crippen molar-refractivity contribution in [1.82, 2.24) is 0 Å². The highest BCUT2D eigenvalue weighted by molar-refractivity contribution is 9.10. The standard InChI is InChI=1S/C14H15BrN2O/c15-13-6-1-2-7-14(13)17-8-9-18-12-5-3-4-11(16)10-12/h1-7,10,17H,8-9,16H2. The Labute approximate surface area is 115 Å². The number of para-hydroxylation sites is 1. The summed E-state index contributed by atoms with van der Waals surface area (Å²) >= 11 is 3.48. The second kappa shape index (κ2) is 6.31. The lowest BCUT2D eigenvalue weighted by Gasteiger charge is -2.10. The molecule has 4 heteroatoms. The van der Waals surface area contributed by atoms with E-state index in [2.05, 4.69) is 21.2 Å². The lowest BCUT2D eigenvalue weighted by atomic mass is 10.3. The fourth-order valence-corrected chi connectivity index (χ4v) is 1.99. The molecule has 0 spiro atoms. The van der Waals surface area contributed by atoms with Crippen molar-refractivity contribution in [2.75, 3.05) is 24.2 Å². The van der Waals surface area contributed by atoms with Crippen molar-refractivity contribution < 1.29 is 4.74 Å². The molecule has 0 atom stereocenters. The number of anilines is 2. The topological polar surface area (TPSA) is 47.3 Å². The van der Waals surface area contributed by atoms with Crippen LogP contribution in [0.25, 0.3) is 0 Å². The highest BCUT2D eigenvalue weighted by Gasteiger charge is 1.97. The Morgan fingerprint density at radius 2 is 1.94 bits per heavy atom. The minimum atomic E-state index is 0.588. The summed E-state index contributed by atoms with van der Waals surface area (Å²) < 4.78 is 6.64. The Morgan fingerprint density at radius 3 is 2.72 bits per heavy atom. The van der Waals surface area contributed by atoms with Crippen LogP contribution in [-0.2, 0) is 0 Å². The van der Waals surface area contributed by atoms with Crippen LogP contribution in [0.3, 0.4) is 0 Å². The quantitative estimate of drug-likeness (QED) is 0.656. The Bertz CT molecular complexity index is 517. The van der Waals surface area contributed by atoms with Crippen molar-refractivity contribution in [3.05, 3.63) is 53.0 Å². The molecule has 0 radical (unpaired) electrons. The molecule has 2 aromatic rings. The zero-order valence-electron chi connectivity index (χ0n) is 9.90. The van der Waals surface area contributed by atoms with Crippen LogP contribution in [-0.4, -0.2) is 13.2 Å². The number of hydrogen-bond acceptors (Lipinski definition) is 3. The molecule has 3 nitrogen and oxygen atoms in total. The van der Waals surface area contributed by atoms with Gasteiger partial charge in [-0.1, -0.05) is 18.2 Å². The number of nitrogen functional groups attached to an aromatic ring is 1. The number of nitrogens with one attached hydrogen (secondary N) is 1. The van der Waals surface area contributed by atoms with Gasteiger partial charge in [0.2, 0.25) is 0 Å². The van der Waals surface area contributed by atoms with Crippen molar-refractivity contribution in [2.24, 2.45) is 0 Å². The zero-order chi connectivity index (χ0) is 12.8. The molecule has 0 aliphatic rings. The first-order valence-corrected chi connectivity index (χ1v) is 6.52. The van der Waals surface area contributed by atoms with Gasteiger partial charge in [0, 0.05) is 28.5 Å². The Balaban J connectivity index is 1.78. The SMILES string of the molecule is Nc1cccc(OCCNc2ccccc2Br)c1. The molecule has 0 unspecified atom stereocenters. The van der Waals surface area contributed by atoms with Gasteiger partial charge in [0.1, 0.15) is 12.4 Å². The Kier molecular flexibility index (Phi) is 4.47. The lowest BCUT2D eigenvalue weighted by molar-refractivity contribution is 0.333. The van der Waals surface area contributed by atoms with Crippen LogP contribution >= 0.6 is 15.9 Å². The maximum absolute atomic E-state index is 5.67. The molecule has 0 aliphatic carbocycles. The summed E-state index contributed by atoms with van der Waals surface area (Å²) in [5, 5.41) is 3.29. The molecule has 3 N–H and O–H groups in total. The summed E-state index contributed by atoms with van der Waals surface area (Å²) in [6.45, 7) is 1.32. The van der Waals surface area contributed by atoms with E-state index in [0.717, 1.165) is 22.5 Å². The molecular formula is C14H15BrN2O. The number of benzene rings is 2. The van der Waals surface area contributed by atoms with Crippen LogP contribution in [0.4, 0.5) is 11.4 Å². The van der Waals surface area contributed by atoms with Crippen molar-refractivity contribution >= 4 is 27.3 Å². The smallest absolute Gasteiger partial charge is 0.121 e. The van der Waals surface area contributed by atoms with Gasteiger partial charge >= 0.3 is 0 Å². The summed E-state index contributed by atoms with van der Waals surface area (Å²) in [4.78, 5) is 0. The van der Waals surface area contributed by atoms with E-state index in [1.807, 2.05) is 48.5 Å². The van der Waals surface area contributed by atoms with Gasteiger partial charge in [0.25, 0.3) is 0 Å². The Hall–Kier alpha value is -1.68. The van der Waals surface area contributed by atoms with Crippen LogP contribution in [0.2, 0.25) is 0 Å². The van der Waals surface area contributed by atoms with E-state index >= 15 is 0 Å². The molecule has 2 aromatic carbocycles. The Morgan fingerprint density at radius 1 is 1.11 bits per heavy atom. The summed E-state index contributed by atoms with van der Waals surface area (Å²) in [5.74, 6) is 0.795. The second-order valence-corrected chi connectivity index (χ2v) is 4.68. The third kappa shape index (κ3) is 3.67. The van der Waals surface area contributed by atoms with E-state index in [-0.39, 0.29) is 0 Å². The molecule has 0 amide bonds. The highest BCUT2D eigenvalue weighted by Crippen LogP contribution is 2.20. The molecular weight excluding hydrogens is 292 g/mol. The predicted octanol–water partition coefficient (Wildman–Crippen LogP) is 3.52. The first-order valence-electron chi connectivity index (χ1n) is 5.72. The number of ether oxygens (including phenoxy) is 1. The maximum Gasteiger partial charge on any atom is 0.121 e. The average molecular weight is 307 g/mol. The molecule has 18 heavy (non-hydrogen) atoms. The van der Waals surface area contributed by atoms with Gasteiger partial charge in [-0.05, 0) is 40.2 Å². The number of halogens is 1. The van der Waals surface area contributed by atoms with Crippen LogP contribution in [0, 0.1) is 0 Å².